The van der Waals surface area contributed by atoms with Crippen LogP contribution in [0.4, 0.5) is 0 Å². The van der Waals surface area contributed by atoms with E-state index in [1.807, 2.05) is 0 Å². The number of aliphatic hydroxyl groups is 1. The molecule has 100 valence electrons. The van der Waals surface area contributed by atoms with Gasteiger partial charge in [-0.15, -0.1) is 0 Å². The average Bonchev–Trinajstić information content (AvgIpc) is 2.29. The number of piperidine rings is 1. The molecule has 17 heavy (non-hydrogen) atoms. The maximum absolute atomic E-state index is 11.3. The van der Waals surface area contributed by atoms with Crippen LogP contribution in [0.2, 0.25) is 0 Å². The van der Waals surface area contributed by atoms with E-state index in [-0.39, 0.29) is 17.5 Å². The van der Waals surface area contributed by atoms with Gasteiger partial charge in [0, 0.05) is 19.1 Å². The summed E-state index contributed by atoms with van der Waals surface area (Å²) in [5.41, 5.74) is -0.658. The summed E-state index contributed by atoms with van der Waals surface area (Å²) in [6, 6.07) is 0.240. The minimum atomic E-state index is -2.79. The third kappa shape index (κ3) is 3.91. The van der Waals surface area contributed by atoms with Crippen LogP contribution < -0.4 is 10.6 Å². The number of rotatable bonds is 3. The van der Waals surface area contributed by atoms with Gasteiger partial charge in [-0.3, -0.25) is 0 Å². The zero-order valence-corrected chi connectivity index (χ0v) is 10.9. The number of hydrogen-bond acceptors (Lipinski definition) is 5. The maximum atomic E-state index is 11.3. The van der Waals surface area contributed by atoms with Crippen LogP contribution in [0.1, 0.15) is 25.7 Å². The molecule has 1 atom stereocenters. The lowest BCUT2D eigenvalue weighted by Crippen LogP contribution is -2.54. The first-order chi connectivity index (χ1) is 7.99. The summed E-state index contributed by atoms with van der Waals surface area (Å²) in [6.07, 6.45) is 3.16. The molecule has 2 aliphatic rings. The second-order valence-electron chi connectivity index (χ2n) is 5.31. The molecule has 3 N–H and O–H groups in total. The summed E-state index contributed by atoms with van der Waals surface area (Å²) < 4.78 is 22.6. The molecule has 0 amide bonds. The number of nitrogens with one attached hydrogen (secondary N) is 2. The van der Waals surface area contributed by atoms with Gasteiger partial charge in [0.25, 0.3) is 0 Å². The summed E-state index contributed by atoms with van der Waals surface area (Å²) in [6.45, 7) is 2.17. The zero-order chi connectivity index (χ0) is 12.4. The van der Waals surface area contributed by atoms with Crippen molar-refractivity contribution >= 4 is 9.84 Å². The second-order valence-corrected chi connectivity index (χ2v) is 7.62. The quantitative estimate of drug-likeness (QED) is 0.625. The van der Waals surface area contributed by atoms with Crippen LogP contribution in [-0.4, -0.2) is 56.3 Å². The van der Waals surface area contributed by atoms with E-state index < -0.39 is 15.4 Å². The molecular weight excluding hydrogens is 240 g/mol. The Bertz CT molecular complexity index is 336. The van der Waals surface area contributed by atoms with Gasteiger partial charge >= 0.3 is 0 Å². The minimum absolute atomic E-state index is 0.240. The Kier molecular flexibility index (Phi) is 4.07. The van der Waals surface area contributed by atoms with Gasteiger partial charge in [0.1, 0.15) is 9.84 Å². The van der Waals surface area contributed by atoms with E-state index in [2.05, 4.69) is 10.6 Å². The highest BCUT2D eigenvalue weighted by Gasteiger charge is 2.31. The number of hydrogen-bond donors (Lipinski definition) is 3. The normalized spacial score (nSPS) is 34.6. The summed E-state index contributed by atoms with van der Waals surface area (Å²) >= 11 is 0. The van der Waals surface area contributed by atoms with Crippen LogP contribution >= 0.6 is 0 Å². The van der Waals surface area contributed by atoms with Gasteiger partial charge in [0.05, 0.1) is 17.1 Å². The fourth-order valence-corrected chi connectivity index (χ4v) is 4.02. The van der Waals surface area contributed by atoms with Gasteiger partial charge in [-0.2, -0.15) is 0 Å². The summed E-state index contributed by atoms with van der Waals surface area (Å²) in [5.74, 6) is 0.558. The highest BCUT2D eigenvalue weighted by atomic mass is 32.2. The summed E-state index contributed by atoms with van der Waals surface area (Å²) in [4.78, 5) is 0. The van der Waals surface area contributed by atoms with E-state index in [0.29, 0.717) is 25.9 Å². The van der Waals surface area contributed by atoms with Crippen LogP contribution in [0.5, 0.6) is 0 Å². The number of β-amino-alcohol motifs (C(OH)–C–C–N with tert-alkyl or cyclic N) is 1. The van der Waals surface area contributed by atoms with E-state index in [0.717, 1.165) is 19.4 Å². The molecule has 1 unspecified atom stereocenters. The SMILES string of the molecule is O=S1(=O)CCC(NCC2(O)CCCNC2)CC1. The summed E-state index contributed by atoms with van der Waals surface area (Å²) in [5, 5.41) is 16.8. The Hall–Kier alpha value is -0.170. The van der Waals surface area contributed by atoms with Crippen LogP contribution in [0.3, 0.4) is 0 Å². The molecule has 0 saturated carbocycles. The lowest BCUT2D eigenvalue weighted by Gasteiger charge is -2.35. The first-order valence-corrected chi connectivity index (χ1v) is 8.18. The van der Waals surface area contributed by atoms with Gasteiger partial charge in [-0.25, -0.2) is 8.42 Å². The Balaban J connectivity index is 1.75. The Morgan fingerprint density at radius 2 is 2.06 bits per heavy atom. The molecule has 0 aromatic heterocycles. The largest absolute Gasteiger partial charge is 0.387 e. The molecular formula is C11H22N2O3S. The fraction of sp³-hybridized carbons (Fsp3) is 1.00. The highest BCUT2D eigenvalue weighted by molar-refractivity contribution is 7.91. The van der Waals surface area contributed by atoms with Crippen LogP contribution in [0, 0.1) is 0 Å². The molecule has 2 rings (SSSR count). The van der Waals surface area contributed by atoms with E-state index in [1.54, 1.807) is 0 Å². The number of sulfone groups is 1. The molecule has 5 nitrogen and oxygen atoms in total. The zero-order valence-electron chi connectivity index (χ0n) is 10.1. The van der Waals surface area contributed by atoms with Crippen molar-refractivity contribution in [2.75, 3.05) is 31.1 Å². The van der Waals surface area contributed by atoms with Crippen molar-refractivity contribution in [2.24, 2.45) is 0 Å². The van der Waals surface area contributed by atoms with Gasteiger partial charge < -0.3 is 15.7 Å². The first kappa shape index (κ1) is 13.3. The van der Waals surface area contributed by atoms with Gasteiger partial charge in [-0.05, 0) is 32.2 Å². The van der Waals surface area contributed by atoms with Crippen molar-refractivity contribution in [3.8, 4) is 0 Å². The second kappa shape index (κ2) is 5.22. The van der Waals surface area contributed by atoms with E-state index in [1.165, 1.54) is 0 Å². The molecule has 0 spiro atoms. The standard InChI is InChI=1S/C11H22N2O3S/c14-11(4-1-5-12-8-11)9-13-10-2-6-17(15,16)7-3-10/h10,12-14H,1-9H2. The van der Waals surface area contributed by atoms with E-state index >= 15 is 0 Å². The minimum Gasteiger partial charge on any atom is -0.387 e. The van der Waals surface area contributed by atoms with Crippen molar-refractivity contribution in [3.63, 3.8) is 0 Å². The molecule has 0 radical (unpaired) electrons. The molecule has 2 saturated heterocycles. The van der Waals surface area contributed by atoms with Crippen molar-refractivity contribution in [1.82, 2.24) is 10.6 Å². The molecule has 2 fully saturated rings. The van der Waals surface area contributed by atoms with Crippen molar-refractivity contribution < 1.29 is 13.5 Å². The van der Waals surface area contributed by atoms with E-state index in [4.69, 9.17) is 0 Å². The molecule has 0 bridgehead atoms. The lowest BCUT2D eigenvalue weighted by molar-refractivity contribution is 0.0145. The smallest absolute Gasteiger partial charge is 0.150 e. The molecule has 0 aliphatic carbocycles. The van der Waals surface area contributed by atoms with E-state index in [9.17, 15) is 13.5 Å². The Morgan fingerprint density at radius 1 is 1.35 bits per heavy atom. The van der Waals surface area contributed by atoms with Crippen molar-refractivity contribution in [2.45, 2.75) is 37.3 Å². The first-order valence-electron chi connectivity index (χ1n) is 6.36. The van der Waals surface area contributed by atoms with Crippen LogP contribution in [0.15, 0.2) is 0 Å². The summed E-state index contributed by atoms with van der Waals surface area (Å²) in [7, 11) is -2.79. The fourth-order valence-electron chi connectivity index (χ4n) is 2.53. The predicted octanol–water partition coefficient (Wildman–Crippen LogP) is -0.732. The van der Waals surface area contributed by atoms with Crippen LogP contribution in [0.25, 0.3) is 0 Å². The third-order valence-electron chi connectivity index (χ3n) is 3.72. The third-order valence-corrected chi connectivity index (χ3v) is 5.44. The van der Waals surface area contributed by atoms with Gasteiger partial charge in [0.2, 0.25) is 0 Å². The highest BCUT2D eigenvalue weighted by Crippen LogP contribution is 2.17. The lowest BCUT2D eigenvalue weighted by atomic mass is 9.93. The van der Waals surface area contributed by atoms with Gasteiger partial charge in [0.15, 0.2) is 0 Å². The van der Waals surface area contributed by atoms with Crippen LogP contribution in [-0.2, 0) is 9.84 Å². The van der Waals surface area contributed by atoms with Gasteiger partial charge in [-0.1, -0.05) is 0 Å². The predicted molar refractivity (Wildman–Crippen MR) is 66.7 cm³/mol. The monoisotopic (exact) mass is 262 g/mol. The average molecular weight is 262 g/mol. The molecule has 0 aromatic carbocycles. The molecule has 2 aliphatic heterocycles. The Morgan fingerprint density at radius 3 is 2.65 bits per heavy atom. The molecule has 0 aromatic rings. The van der Waals surface area contributed by atoms with Crippen molar-refractivity contribution in [1.29, 1.82) is 0 Å². The maximum Gasteiger partial charge on any atom is 0.150 e. The Labute approximate surface area is 103 Å². The topological polar surface area (TPSA) is 78.4 Å². The molecule has 6 heteroatoms. The van der Waals surface area contributed by atoms with Crippen molar-refractivity contribution in [3.05, 3.63) is 0 Å². The molecule has 2 heterocycles.